The first-order chi connectivity index (χ1) is 8.52. The first kappa shape index (κ1) is 13.0. The normalized spacial score (nSPS) is 10.7. The van der Waals surface area contributed by atoms with Crippen molar-refractivity contribution in [2.24, 2.45) is 7.05 Å². The van der Waals surface area contributed by atoms with E-state index in [1.54, 1.807) is 16.9 Å². The topological polar surface area (TPSA) is 60.2 Å². The van der Waals surface area contributed by atoms with Crippen molar-refractivity contribution in [3.63, 3.8) is 0 Å². The van der Waals surface area contributed by atoms with Crippen molar-refractivity contribution in [2.75, 3.05) is 0 Å². The first-order valence-corrected chi connectivity index (χ1v) is 6.25. The molecule has 0 aromatic carbocycles. The number of rotatable bonds is 3. The predicted octanol–water partition coefficient (Wildman–Crippen LogP) is 2.48. The number of halogens is 1. The summed E-state index contributed by atoms with van der Waals surface area (Å²) >= 11 is 3.31. The molecule has 0 aliphatic heterocycles. The Morgan fingerprint density at radius 2 is 2.17 bits per heavy atom. The summed E-state index contributed by atoms with van der Waals surface area (Å²) in [5.74, 6) is 1.09. The van der Waals surface area contributed by atoms with Crippen LogP contribution in [-0.2, 0) is 13.7 Å². The van der Waals surface area contributed by atoms with Crippen molar-refractivity contribution >= 4 is 15.9 Å². The van der Waals surface area contributed by atoms with Gasteiger partial charge in [0.2, 0.25) is 5.88 Å². The molecule has 18 heavy (non-hydrogen) atoms. The van der Waals surface area contributed by atoms with Gasteiger partial charge in [-0.05, 0) is 35.8 Å². The molecule has 2 aromatic rings. The van der Waals surface area contributed by atoms with Crippen LogP contribution in [0.2, 0.25) is 0 Å². The second-order valence-electron chi connectivity index (χ2n) is 4.00. The molecule has 0 saturated carbocycles. The lowest BCUT2D eigenvalue weighted by atomic mass is 10.3. The van der Waals surface area contributed by atoms with Crippen LogP contribution in [0.15, 0.2) is 16.7 Å². The van der Waals surface area contributed by atoms with Crippen LogP contribution in [0.5, 0.6) is 11.6 Å². The molecule has 0 fully saturated rings. The maximum absolute atomic E-state index is 9.30. The van der Waals surface area contributed by atoms with E-state index in [1.807, 2.05) is 20.9 Å². The summed E-state index contributed by atoms with van der Waals surface area (Å²) in [7, 11) is 1.86. The smallest absolute Gasteiger partial charge is 0.225 e. The van der Waals surface area contributed by atoms with Gasteiger partial charge in [0.15, 0.2) is 5.75 Å². The van der Waals surface area contributed by atoms with E-state index in [2.05, 4.69) is 26.0 Å². The number of ether oxygens (including phenoxy) is 1. The maximum Gasteiger partial charge on any atom is 0.225 e. The molecule has 96 valence electrons. The number of hydrogen-bond donors (Lipinski definition) is 1. The lowest BCUT2D eigenvalue weighted by Crippen LogP contribution is -1.97. The summed E-state index contributed by atoms with van der Waals surface area (Å²) in [6.45, 7) is 3.67. The average Bonchev–Trinajstić information content (AvgIpc) is 2.58. The quantitative estimate of drug-likeness (QED) is 0.946. The van der Waals surface area contributed by atoms with E-state index < -0.39 is 0 Å². The number of hydrogen-bond acceptors (Lipinski definition) is 4. The molecule has 0 bridgehead atoms. The molecule has 6 heteroatoms. The third-order valence-corrected chi connectivity index (χ3v) is 3.14. The van der Waals surface area contributed by atoms with E-state index in [-0.39, 0.29) is 6.61 Å². The minimum Gasteiger partial charge on any atom is -0.435 e. The Hall–Kier alpha value is -1.40. The van der Waals surface area contributed by atoms with Crippen molar-refractivity contribution in [1.82, 2.24) is 14.8 Å². The van der Waals surface area contributed by atoms with Crippen LogP contribution in [0, 0.1) is 13.8 Å². The Bertz CT molecular complexity index is 581. The minimum atomic E-state index is -0.125. The van der Waals surface area contributed by atoms with Gasteiger partial charge in [-0.2, -0.15) is 5.10 Å². The Morgan fingerprint density at radius 1 is 1.44 bits per heavy atom. The molecule has 0 atom stereocenters. The van der Waals surface area contributed by atoms with Crippen LogP contribution >= 0.6 is 15.9 Å². The maximum atomic E-state index is 9.30. The van der Waals surface area contributed by atoms with Gasteiger partial charge in [-0.1, -0.05) is 0 Å². The fraction of sp³-hybridized carbons (Fsp3) is 0.333. The molecule has 0 aliphatic carbocycles. The molecule has 2 rings (SSSR count). The number of aryl methyl sites for hydroxylation is 2. The monoisotopic (exact) mass is 311 g/mol. The zero-order chi connectivity index (χ0) is 13.3. The fourth-order valence-electron chi connectivity index (χ4n) is 1.67. The van der Waals surface area contributed by atoms with E-state index in [0.717, 1.165) is 15.9 Å². The largest absolute Gasteiger partial charge is 0.435 e. The molecule has 0 radical (unpaired) electrons. The Balaban J connectivity index is 2.39. The van der Waals surface area contributed by atoms with Crippen LogP contribution in [0.4, 0.5) is 0 Å². The highest BCUT2D eigenvalue weighted by molar-refractivity contribution is 9.10. The van der Waals surface area contributed by atoms with Gasteiger partial charge in [-0.25, -0.2) is 4.98 Å². The summed E-state index contributed by atoms with van der Waals surface area (Å²) in [5, 5.41) is 13.6. The molecule has 2 heterocycles. The van der Waals surface area contributed by atoms with Crippen molar-refractivity contribution in [1.29, 1.82) is 0 Å². The van der Waals surface area contributed by atoms with E-state index in [0.29, 0.717) is 17.2 Å². The summed E-state index contributed by atoms with van der Waals surface area (Å²) in [6, 6.07) is 1.78. The van der Waals surface area contributed by atoms with Gasteiger partial charge in [0.25, 0.3) is 0 Å². The molecule has 2 aromatic heterocycles. The molecular weight excluding hydrogens is 298 g/mol. The Labute approximate surface area is 114 Å². The van der Waals surface area contributed by atoms with Gasteiger partial charge in [0, 0.05) is 23.3 Å². The molecule has 0 aliphatic rings. The van der Waals surface area contributed by atoms with Crippen LogP contribution in [-0.4, -0.2) is 19.9 Å². The lowest BCUT2D eigenvalue weighted by Gasteiger charge is -2.09. The number of aliphatic hydroxyl groups is 1. The van der Waals surface area contributed by atoms with Gasteiger partial charge < -0.3 is 9.84 Å². The molecule has 0 amide bonds. The average molecular weight is 312 g/mol. The molecule has 5 nitrogen and oxygen atoms in total. The number of pyridine rings is 1. The second kappa shape index (κ2) is 5.07. The minimum absolute atomic E-state index is 0.125. The van der Waals surface area contributed by atoms with E-state index in [9.17, 15) is 5.11 Å². The van der Waals surface area contributed by atoms with Crippen molar-refractivity contribution in [2.45, 2.75) is 20.5 Å². The summed E-state index contributed by atoms with van der Waals surface area (Å²) < 4.78 is 8.32. The molecule has 0 saturated heterocycles. The van der Waals surface area contributed by atoms with Crippen molar-refractivity contribution in [3.05, 3.63) is 33.7 Å². The fourth-order valence-corrected chi connectivity index (χ4v) is 2.05. The second-order valence-corrected chi connectivity index (χ2v) is 4.92. The van der Waals surface area contributed by atoms with Crippen molar-refractivity contribution in [3.8, 4) is 11.6 Å². The number of nitrogens with zero attached hydrogens (tertiary/aromatic N) is 3. The lowest BCUT2D eigenvalue weighted by molar-refractivity contribution is 0.274. The highest BCUT2D eigenvalue weighted by atomic mass is 79.9. The number of aliphatic hydroxyl groups excluding tert-OH is 1. The Kier molecular flexibility index (Phi) is 3.68. The zero-order valence-electron chi connectivity index (χ0n) is 10.4. The van der Waals surface area contributed by atoms with Gasteiger partial charge in [0.05, 0.1) is 12.3 Å². The summed E-state index contributed by atoms with van der Waals surface area (Å²) in [5.41, 5.74) is 2.34. The van der Waals surface area contributed by atoms with Gasteiger partial charge in [-0.15, -0.1) is 0 Å². The van der Waals surface area contributed by atoms with Gasteiger partial charge >= 0.3 is 0 Å². The number of aromatic nitrogens is 3. The summed E-state index contributed by atoms with van der Waals surface area (Å²) in [4.78, 5) is 4.17. The van der Waals surface area contributed by atoms with E-state index >= 15 is 0 Å². The van der Waals surface area contributed by atoms with E-state index in [1.165, 1.54) is 0 Å². The van der Waals surface area contributed by atoms with Gasteiger partial charge in [-0.3, -0.25) is 4.68 Å². The van der Waals surface area contributed by atoms with E-state index in [4.69, 9.17) is 4.74 Å². The molecular formula is C12H14BrN3O2. The van der Waals surface area contributed by atoms with Crippen molar-refractivity contribution < 1.29 is 9.84 Å². The zero-order valence-corrected chi connectivity index (χ0v) is 12.0. The standard InChI is InChI=1S/C12H14BrN3O2/c1-7-11(8(2)16(3)15-7)18-12-9(6-17)4-10(13)5-14-12/h4-5,17H,6H2,1-3H3. The molecule has 1 N–H and O–H groups in total. The molecule has 0 unspecified atom stereocenters. The van der Waals surface area contributed by atoms with Crippen LogP contribution in [0.25, 0.3) is 0 Å². The van der Waals surface area contributed by atoms with Gasteiger partial charge in [0.1, 0.15) is 5.69 Å². The SMILES string of the molecule is Cc1nn(C)c(C)c1Oc1ncc(Br)cc1CO. The van der Waals surface area contributed by atoms with Crippen LogP contribution in [0.1, 0.15) is 17.0 Å². The molecule has 0 spiro atoms. The Morgan fingerprint density at radius 3 is 2.72 bits per heavy atom. The summed E-state index contributed by atoms with van der Waals surface area (Å²) in [6.07, 6.45) is 1.63. The van der Waals surface area contributed by atoms with Crippen LogP contribution < -0.4 is 4.74 Å². The highest BCUT2D eigenvalue weighted by Gasteiger charge is 2.14. The predicted molar refractivity (Wildman–Crippen MR) is 70.6 cm³/mol. The van der Waals surface area contributed by atoms with Crippen LogP contribution in [0.3, 0.4) is 0 Å². The first-order valence-electron chi connectivity index (χ1n) is 5.46. The highest BCUT2D eigenvalue weighted by Crippen LogP contribution is 2.29. The third-order valence-electron chi connectivity index (χ3n) is 2.70. The third kappa shape index (κ3) is 2.39.